The molecule has 0 amide bonds. The molecular formula is C9H9ClO2. The predicted molar refractivity (Wildman–Crippen MR) is 47.8 cm³/mol. The molecule has 0 aromatic heterocycles. The average molecular weight is 185 g/mol. The van der Waals surface area contributed by atoms with Crippen LogP contribution in [0.3, 0.4) is 0 Å². The van der Waals surface area contributed by atoms with E-state index in [-0.39, 0.29) is 5.75 Å². The van der Waals surface area contributed by atoms with Gasteiger partial charge in [0.15, 0.2) is 0 Å². The summed E-state index contributed by atoms with van der Waals surface area (Å²) in [5.74, 6) is 0.219. The molecule has 0 spiro atoms. The first-order valence-electron chi connectivity index (χ1n) is 3.52. The van der Waals surface area contributed by atoms with E-state index in [2.05, 4.69) is 0 Å². The molecule has 0 bridgehead atoms. The Morgan fingerprint density at radius 3 is 2.08 bits per heavy atom. The third-order valence-corrected chi connectivity index (χ3v) is 1.94. The van der Waals surface area contributed by atoms with Gasteiger partial charge < -0.3 is 5.11 Å². The van der Waals surface area contributed by atoms with Crippen molar-refractivity contribution in [1.82, 2.24) is 0 Å². The van der Waals surface area contributed by atoms with E-state index in [4.69, 9.17) is 11.6 Å². The van der Waals surface area contributed by atoms with Gasteiger partial charge in [-0.2, -0.15) is 0 Å². The number of aromatic hydroxyl groups is 1. The van der Waals surface area contributed by atoms with Crippen LogP contribution in [0.2, 0.25) is 0 Å². The number of rotatable bonds is 1. The van der Waals surface area contributed by atoms with Crippen LogP contribution >= 0.6 is 11.6 Å². The van der Waals surface area contributed by atoms with Gasteiger partial charge in [-0.25, -0.2) is 0 Å². The van der Waals surface area contributed by atoms with Gasteiger partial charge in [-0.15, -0.1) is 0 Å². The average Bonchev–Trinajstić information content (AvgIpc) is 1.99. The monoisotopic (exact) mass is 184 g/mol. The van der Waals surface area contributed by atoms with Crippen LogP contribution in [-0.2, 0) is 0 Å². The predicted octanol–water partition coefficient (Wildman–Crippen LogP) is 2.39. The van der Waals surface area contributed by atoms with Gasteiger partial charge in [0, 0.05) is 5.56 Å². The summed E-state index contributed by atoms with van der Waals surface area (Å²) in [6.45, 7) is 3.46. The number of halogens is 1. The number of phenolic OH excluding ortho intramolecular Hbond substituents is 1. The molecule has 1 rings (SSSR count). The molecule has 0 fully saturated rings. The third-order valence-electron chi connectivity index (χ3n) is 1.72. The van der Waals surface area contributed by atoms with E-state index < -0.39 is 5.24 Å². The van der Waals surface area contributed by atoms with E-state index in [1.807, 2.05) is 0 Å². The Morgan fingerprint density at radius 1 is 1.33 bits per heavy atom. The summed E-state index contributed by atoms with van der Waals surface area (Å²) in [7, 11) is 0. The minimum absolute atomic E-state index is 0.219. The lowest BCUT2D eigenvalue weighted by Crippen LogP contribution is -1.91. The van der Waals surface area contributed by atoms with Crippen LogP contribution < -0.4 is 0 Å². The zero-order valence-electron chi connectivity index (χ0n) is 6.89. The molecular weight excluding hydrogens is 176 g/mol. The highest BCUT2D eigenvalue weighted by Gasteiger charge is 2.07. The second-order valence-corrected chi connectivity index (χ2v) is 3.08. The maximum atomic E-state index is 10.7. The van der Waals surface area contributed by atoms with Gasteiger partial charge in [0.2, 0.25) is 0 Å². The molecule has 0 aliphatic rings. The van der Waals surface area contributed by atoms with Gasteiger partial charge in [-0.3, -0.25) is 4.79 Å². The first-order chi connectivity index (χ1) is 5.52. The summed E-state index contributed by atoms with van der Waals surface area (Å²) in [4.78, 5) is 10.7. The fraction of sp³-hybridized carbons (Fsp3) is 0.222. The zero-order chi connectivity index (χ0) is 9.30. The summed E-state index contributed by atoms with van der Waals surface area (Å²) in [6.07, 6.45) is 0. The molecule has 3 heteroatoms. The molecule has 0 aliphatic heterocycles. The second-order valence-electron chi connectivity index (χ2n) is 2.73. The van der Waals surface area contributed by atoms with E-state index in [0.717, 1.165) is 0 Å². The molecule has 2 nitrogen and oxygen atoms in total. The molecule has 12 heavy (non-hydrogen) atoms. The fourth-order valence-corrected chi connectivity index (χ4v) is 1.18. The fourth-order valence-electron chi connectivity index (χ4n) is 1.07. The standard InChI is InChI=1S/C9H9ClO2/c1-5-3-7(9(10)12)4-6(2)8(5)11/h3-4,11H,1-2H3. The van der Waals surface area contributed by atoms with Crippen LogP contribution in [0.4, 0.5) is 0 Å². The first kappa shape index (κ1) is 9.07. The number of phenols is 1. The smallest absolute Gasteiger partial charge is 0.252 e. The highest BCUT2D eigenvalue weighted by molar-refractivity contribution is 6.67. The summed E-state index contributed by atoms with van der Waals surface area (Å²) in [5, 5.41) is 8.86. The van der Waals surface area contributed by atoms with Crippen LogP contribution in [0.15, 0.2) is 12.1 Å². The molecule has 0 unspecified atom stereocenters. The Kier molecular flexibility index (Phi) is 2.38. The van der Waals surface area contributed by atoms with Crippen molar-refractivity contribution in [3.63, 3.8) is 0 Å². The Bertz CT molecular complexity index is 308. The molecule has 1 aromatic carbocycles. The summed E-state index contributed by atoms with van der Waals surface area (Å²) in [6, 6.07) is 3.13. The van der Waals surface area contributed by atoms with E-state index in [0.29, 0.717) is 16.7 Å². The molecule has 0 aliphatic carbocycles. The summed E-state index contributed by atoms with van der Waals surface area (Å²) < 4.78 is 0. The lowest BCUT2D eigenvalue weighted by atomic mass is 10.1. The SMILES string of the molecule is Cc1cc(C(=O)Cl)cc(C)c1O. The van der Waals surface area contributed by atoms with E-state index >= 15 is 0 Å². The van der Waals surface area contributed by atoms with Crippen molar-refractivity contribution < 1.29 is 9.90 Å². The topological polar surface area (TPSA) is 37.3 Å². The van der Waals surface area contributed by atoms with Crippen LogP contribution in [0.25, 0.3) is 0 Å². The molecule has 1 aromatic rings. The lowest BCUT2D eigenvalue weighted by molar-refractivity contribution is 0.108. The largest absolute Gasteiger partial charge is 0.507 e. The Hall–Kier alpha value is -1.02. The number of hydrogen-bond donors (Lipinski definition) is 1. The van der Waals surface area contributed by atoms with Gasteiger partial charge >= 0.3 is 0 Å². The number of hydrogen-bond acceptors (Lipinski definition) is 2. The van der Waals surface area contributed by atoms with Crippen molar-refractivity contribution in [2.75, 3.05) is 0 Å². The molecule has 0 saturated heterocycles. The summed E-state index contributed by atoms with van der Waals surface area (Å²) in [5.41, 5.74) is 1.75. The van der Waals surface area contributed by atoms with Gasteiger partial charge in [0.1, 0.15) is 5.75 Å². The number of carbonyl (C=O) groups is 1. The molecule has 0 atom stereocenters. The molecule has 0 radical (unpaired) electrons. The zero-order valence-corrected chi connectivity index (χ0v) is 7.64. The van der Waals surface area contributed by atoms with Gasteiger partial charge in [-0.05, 0) is 48.7 Å². The second kappa shape index (κ2) is 3.15. The number of carbonyl (C=O) groups excluding carboxylic acids is 1. The highest BCUT2D eigenvalue weighted by Crippen LogP contribution is 2.23. The Balaban J connectivity index is 3.31. The van der Waals surface area contributed by atoms with Crippen LogP contribution in [0, 0.1) is 13.8 Å². The maximum Gasteiger partial charge on any atom is 0.252 e. The lowest BCUT2D eigenvalue weighted by Gasteiger charge is -2.03. The van der Waals surface area contributed by atoms with E-state index in [1.165, 1.54) is 0 Å². The Morgan fingerprint density at radius 2 is 1.75 bits per heavy atom. The van der Waals surface area contributed by atoms with Crippen molar-refractivity contribution in [3.8, 4) is 5.75 Å². The summed E-state index contributed by atoms with van der Waals surface area (Å²) >= 11 is 5.28. The number of aryl methyl sites for hydroxylation is 2. The third kappa shape index (κ3) is 1.59. The van der Waals surface area contributed by atoms with Gasteiger partial charge in [0.05, 0.1) is 0 Å². The van der Waals surface area contributed by atoms with Crippen LogP contribution in [0.5, 0.6) is 5.75 Å². The van der Waals surface area contributed by atoms with Crippen LogP contribution in [0.1, 0.15) is 21.5 Å². The minimum Gasteiger partial charge on any atom is -0.507 e. The minimum atomic E-state index is -0.499. The van der Waals surface area contributed by atoms with Crippen molar-refractivity contribution in [2.45, 2.75) is 13.8 Å². The number of benzene rings is 1. The van der Waals surface area contributed by atoms with Crippen molar-refractivity contribution in [1.29, 1.82) is 0 Å². The van der Waals surface area contributed by atoms with Crippen molar-refractivity contribution in [3.05, 3.63) is 28.8 Å². The van der Waals surface area contributed by atoms with Gasteiger partial charge in [-0.1, -0.05) is 0 Å². The molecule has 64 valence electrons. The van der Waals surface area contributed by atoms with Gasteiger partial charge in [0.25, 0.3) is 5.24 Å². The maximum absolute atomic E-state index is 10.7. The molecule has 1 N–H and O–H groups in total. The normalized spacial score (nSPS) is 9.92. The van der Waals surface area contributed by atoms with Crippen molar-refractivity contribution >= 4 is 16.8 Å². The highest BCUT2D eigenvalue weighted by atomic mass is 35.5. The Labute approximate surface area is 75.8 Å². The van der Waals surface area contributed by atoms with Crippen molar-refractivity contribution in [2.24, 2.45) is 0 Å². The van der Waals surface area contributed by atoms with E-state index in [9.17, 15) is 9.90 Å². The van der Waals surface area contributed by atoms with E-state index in [1.54, 1.807) is 26.0 Å². The molecule has 0 heterocycles. The molecule has 0 saturated carbocycles. The first-order valence-corrected chi connectivity index (χ1v) is 3.90. The quantitative estimate of drug-likeness (QED) is 0.681. The van der Waals surface area contributed by atoms with Crippen LogP contribution in [-0.4, -0.2) is 10.3 Å².